The van der Waals surface area contributed by atoms with E-state index >= 15 is 0 Å². The maximum Gasteiger partial charge on any atom is 0.317 e. The average Bonchev–Trinajstić information content (AvgIpc) is 2.46. The summed E-state index contributed by atoms with van der Waals surface area (Å²) < 4.78 is 0. The van der Waals surface area contributed by atoms with Crippen LogP contribution in [0.3, 0.4) is 0 Å². The Morgan fingerprint density at radius 2 is 0.808 bits per heavy atom. The van der Waals surface area contributed by atoms with Crippen molar-refractivity contribution in [3.63, 3.8) is 0 Å². The van der Waals surface area contributed by atoms with E-state index < -0.39 is 23.9 Å². The molecule has 26 heavy (non-hydrogen) atoms. The lowest BCUT2D eigenvalue weighted by Crippen LogP contribution is -2.41. The molecule has 0 bridgehead atoms. The minimum Gasteiger partial charge on any atom is -0.480 e. The second kappa shape index (κ2) is 10.7. The van der Waals surface area contributed by atoms with Gasteiger partial charge in [0, 0.05) is 13.1 Å². The highest BCUT2D eigenvalue weighted by molar-refractivity contribution is 5.73. The van der Waals surface area contributed by atoms with Crippen molar-refractivity contribution in [3.05, 3.63) is 0 Å². The minimum absolute atomic E-state index is 0.178. The normalized spacial score (nSPS) is 20.2. The molecule has 0 radical (unpaired) electrons. The molecule has 0 atom stereocenters. The van der Waals surface area contributed by atoms with E-state index in [2.05, 4.69) is 0 Å². The van der Waals surface area contributed by atoms with Gasteiger partial charge >= 0.3 is 23.9 Å². The highest BCUT2D eigenvalue weighted by atomic mass is 16.4. The van der Waals surface area contributed by atoms with Crippen LogP contribution in [-0.4, -0.2) is 93.4 Å². The van der Waals surface area contributed by atoms with Gasteiger partial charge in [-0.1, -0.05) is 0 Å². The van der Waals surface area contributed by atoms with E-state index in [-0.39, 0.29) is 38.0 Å². The van der Waals surface area contributed by atoms with Crippen LogP contribution in [0.5, 0.6) is 0 Å². The third-order valence-electron chi connectivity index (χ3n) is 4.43. The van der Waals surface area contributed by atoms with Gasteiger partial charge in [0.2, 0.25) is 0 Å². The molecule has 4 N–H and O–H groups in total. The third kappa shape index (κ3) is 9.33. The summed E-state index contributed by atoms with van der Waals surface area (Å²) in [7, 11) is 0. The monoisotopic (exact) mass is 374 g/mol. The lowest BCUT2D eigenvalue weighted by molar-refractivity contribution is -0.144. The summed E-state index contributed by atoms with van der Waals surface area (Å²) in [4.78, 5) is 46.2. The van der Waals surface area contributed by atoms with Crippen molar-refractivity contribution in [2.45, 2.75) is 25.7 Å². The molecule has 0 unspecified atom stereocenters. The molecular formula is C16H26N2O8. The molecular weight excluding hydrogens is 348 g/mol. The van der Waals surface area contributed by atoms with E-state index in [1.807, 2.05) is 0 Å². The lowest BCUT2D eigenvalue weighted by atomic mass is 9.81. The van der Waals surface area contributed by atoms with Crippen molar-refractivity contribution >= 4 is 23.9 Å². The Kier molecular flexibility index (Phi) is 9.00. The Morgan fingerprint density at radius 3 is 1.00 bits per heavy atom. The van der Waals surface area contributed by atoms with Gasteiger partial charge in [-0.2, -0.15) is 0 Å². The van der Waals surface area contributed by atoms with Crippen LogP contribution in [-0.2, 0) is 19.2 Å². The summed E-state index contributed by atoms with van der Waals surface area (Å²) >= 11 is 0. The number of nitrogens with zero attached hydrogens (tertiary/aromatic N) is 2. The Morgan fingerprint density at radius 1 is 0.577 bits per heavy atom. The van der Waals surface area contributed by atoms with Crippen molar-refractivity contribution in [1.82, 2.24) is 9.80 Å². The summed E-state index contributed by atoms with van der Waals surface area (Å²) in [6.07, 6.45) is 3.09. The number of rotatable bonds is 12. The van der Waals surface area contributed by atoms with Gasteiger partial charge in [0.25, 0.3) is 0 Å². The first kappa shape index (κ1) is 21.8. The second-order valence-corrected chi connectivity index (χ2v) is 6.80. The first-order valence-corrected chi connectivity index (χ1v) is 8.47. The van der Waals surface area contributed by atoms with Gasteiger partial charge in [-0.15, -0.1) is 0 Å². The van der Waals surface area contributed by atoms with Crippen LogP contribution >= 0.6 is 0 Å². The minimum atomic E-state index is -1.07. The zero-order chi connectivity index (χ0) is 19.7. The molecule has 10 nitrogen and oxygen atoms in total. The first-order valence-electron chi connectivity index (χ1n) is 8.47. The molecule has 1 aliphatic rings. The smallest absolute Gasteiger partial charge is 0.317 e. The first-order chi connectivity index (χ1) is 12.2. The number of carboxylic acids is 4. The van der Waals surface area contributed by atoms with Crippen LogP contribution in [0.1, 0.15) is 25.7 Å². The van der Waals surface area contributed by atoms with E-state index in [0.717, 1.165) is 25.7 Å². The Labute approximate surface area is 151 Å². The molecule has 1 rings (SSSR count). The summed E-state index contributed by atoms with van der Waals surface area (Å²) in [5.41, 5.74) is 0. The fraction of sp³-hybridized carbons (Fsp3) is 0.750. The van der Waals surface area contributed by atoms with Crippen molar-refractivity contribution in [2.24, 2.45) is 11.8 Å². The number of carbonyl (C=O) groups is 4. The van der Waals surface area contributed by atoms with Gasteiger partial charge in [-0.3, -0.25) is 29.0 Å². The summed E-state index contributed by atoms with van der Waals surface area (Å²) in [5.74, 6) is -3.93. The van der Waals surface area contributed by atoms with Gasteiger partial charge in [-0.05, 0) is 37.5 Å². The average molecular weight is 374 g/mol. The quantitative estimate of drug-likeness (QED) is 0.359. The fourth-order valence-corrected chi connectivity index (χ4v) is 3.46. The number of aliphatic carboxylic acids is 4. The van der Waals surface area contributed by atoms with Crippen LogP contribution in [0.2, 0.25) is 0 Å². The fourth-order valence-electron chi connectivity index (χ4n) is 3.46. The maximum absolute atomic E-state index is 10.8. The summed E-state index contributed by atoms with van der Waals surface area (Å²) in [6, 6.07) is 0. The van der Waals surface area contributed by atoms with E-state index in [1.165, 1.54) is 9.80 Å². The number of hydrogen-bond donors (Lipinski definition) is 4. The maximum atomic E-state index is 10.8. The van der Waals surface area contributed by atoms with Crippen LogP contribution < -0.4 is 0 Å². The SMILES string of the molecule is O=C(O)CN(CC(=O)O)CC1CCC(CN(CC(=O)O)CC(=O)O)CC1. The van der Waals surface area contributed by atoms with Gasteiger partial charge in [0.05, 0.1) is 26.2 Å². The van der Waals surface area contributed by atoms with Gasteiger partial charge in [0.1, 0.15) is 0 Å². The molecule has 10 heteroatoms. The molecule has 148 valence electrons. The van der Waals surface area contributed by atoms with Crippen LogP contribution in [0.4, 0.5) is 0 Å². The Bertz CT molecular complexity index is 438. The van der Waals surface area contributed by atoms with Crippen molar-refractivity contribution in [1.29, 1.82) is 0 Å². The Hall–Kier alpha value is -2.20. The molecule has 0 heterocycles. The molecule has 0 spiro atoms. The molecule has 0 aromatic rings. The van der Waals surface area contributed by atoms with Gasteiger partial charge < -0.3 is 20.4 Å². The van der Waals surface area contributed by atoms with Crippen molar-refractivity contribution in [2.75, 3.05) is 39.3 Å². The second-order valence-electron chi connectivity index (χ2n) is 6.80. The number of carboxylic acid groups (broad SMARTS) is 4. The standard InChI is InChI=1S/C16H26N2O8/c19-13(20)7-17(8-14(21)22)5-11-1-2-12(4-3-11)6-18(9-15(23)24)10-16(25)26/h11-12H,1-10H2,(H,19,20)(H,21,22)(H,23,24)(H,25,26). The van der Waals surface area contributed by atoms with Gasteiger partial charge in [-0.25, -0.2) is 0 Å². The molecule has 0 aromatic carbocycles. The zero-order valence-electron chi connectivity index (χ0n) is 14.5. The Balaban J connectivity index is 2.48. The van der Waals surface area contributed by atoms with E-state index in [9.17, 15) is 19.2 Å². The molecule has 0 aromatic heterocycles. The highest BCUT2D eigenvalue weighted by Crippen LogP contribution is 2.30. The van der Waals surface area contributed by atoms with Crippen molar-refractivity contribution < 1.29 is 39.6 Å². The van der Waals surface area contributed by atoms with Crippen molar-refractivity contribution in [3.8, 4) is 0 Å². The molecule has 0 amide bonds. The number of hydrogen-bond acceptors (Lipinski definition) is 6. The largest absolute Gasteiger partial charge is 0.480 e. The highest BCUT2D eigenvalue weighted by Gasteiger charge is 2.26. The van der Waals surface area contributed by atoms with Crippen LogP contribution in [0.25, 0.3) is 0 Å². The van der Waals surface area contributed by atoms with E-state index in [1.54, 1.807) is 0 Å². The molecule has 0 aliphatic heterocycles. The van der Waals surface area contributed by atoms with Gasteiger partial charge in [0.15, 0.2) is 0 Å². The van der Waals surface area contributed by atoms with Crippen LogP contribution in [0, 0.1) is 11.8 Å². The predicted molar refractivity (Wildman–Crippen MR) is 88.9 cm³/mol. The molecule has 1 aliphatic carbocycles. The summed E-state index contributed by atoms with van der Waals surface area (Å²) in [5, 5.41) is 35.5. The van der Waals surface area contributed by atoms with E-state index in [4.69, 9.17) is 20.4 Å². The zero-order valence-corrected chi connectivity index (χ0v) is 14.5. The molecule has 1 fully saturated rings. The van der Waals surface area contributed by atoms with E-state index in [0.29, 0.717) is 13.1 Å². The lowest BCUT2D eigenvalue weighted by Gasteiger charge is -2.33. The molecule has 0 saturated heterocycles. The third-order valence-corrected chi connectivity index (χ3v) is 4.43. The molecule has 1 saturated carbocycles. The van der Waals surface area contributed by atoms with Crippen LogP contribution in [0.15, 0.2) is 0 Å². The topological polar surface area (TPSA) is 156 Å². The predicted octanol–water partition coefficient (Wildman–Crippen LogP) is -0.265. The summed E-state index contributed by atoms with van der Waals surface area (Å²) in [6.45, 7) is -0.512.